The van der Waals surface area contributed by atoms with Gasteiger partial charge in [-0.25, -0.2) is 0 Å². The molecule has 0 aromatic carbocycles. The van der Waals surface area contributed by atoms with E-state index in [1.807, 2.05) is 13.8 Å². The molecule has 0 amide bonds. The lowest BCUT2D eigenvalue weighted by molar-refractivity contribution is -0.205. The van der Waals surface area contributed by atoms with E-state index in [1.165, 1.54) is 13.8 Å². The second kappa shape index (κ2) is 7.25. The van der Waals surface area contributed by atoms with Crippen LogP contribution in [0.2, 0.25) is 0 Å². The molecule has 0 aromatic heterocycles. The summed E-state index contributed by atoms with van der Waals surface area (Å²) in [5.41, 5.74) is 0. The fourth-order valence-electron chi connectivity index (χ4n) is 1.61. The molecular formula is C13H20O6. The molecule has 1 heterocycles. The molecule has 0 fully saturated rings. The molecule has 6 nitrogen and oxygen atoms in total. The maximum absolute atomic E-state index is 11.0. The zero-order chi connectivity index (χ0) is 14.4. The average Bonchev–Trinajstić information content (AvgIpc) is 2.27. The van der Waals surface area contributed by atoms with Crippen LogP contribution in [0.3, 0.4) is 0 Å². The van der Waals surface area contributed by atoms with E-state index in [0.717, 1.165) is 0 Å². The highest BCUT2D eigenvalue weighted by molar-refractivity contribution is 5.66. The Morgan fingerprint density at radius 1 is 1.21 bits per heavy atom. The third-order valence-corrected chi connectivity index (χ3v) is 2.29. The van der Waals surface area contributed by atoms with Gasteiger partial charge in [-0.3, -0.25) is 9.59 Å². The van der Waals surface area contributed by atoms with Crippen LogP contribution in [0.15, 0.2) is 12.2 Å². The van der Waals surface area contributed by atoms with Gasteiger partial charge in [-0.2, -0.15) is 0 Å². The molecule has 1 rings (SSSR count). The highest BCUT2D eigenvalue weighted by Gasteiger charge is 2.31. The van der Waals surface area contributed by atoms with Crippen LogP contribution < -0.4 is 0 Å². The van der Waals surface area contributed by atoms with E-state index in [9.17, 15) is 9.59 Å². The number of ether oxygens (including phenoxy) is 4. The summed E-state index contributed by atoms with van der Waals surface area (Å²) in [7, 11) is 0. The van der Waals surface area contributed by atoms with Crippen molar-refractivity contribution >= 4 is 11.9 Å². The quantitative estimate of drug-likeness (QED) is 0.553. The van der Waals surface area contributed by atoms with Crippen LogP contribution in [0.5, 0.6) is 0 Å². The summed E-state index contributed by atoms with van der Waals surface area (Å²) in [4.78, 5) is 21.8. The molecular weight excluding hydrogens is 252 g/mol. The maximum atomic E-state index is 11.0. The first kappa shape index (κ1) is 15.7. The Bertz CT molecular complexity index is 349. The van der Waals surface area contributed by atoms with Crippen molar-refractivity contribution in [1.29, 1.82) is 0 Å². The van der Waals surface area contributed by atoms with E-state index in [-0.39, 0.29) is 12.7 Å². The van der Waals surface area contributed by atoms with Crippen molar-refractivity contribution in [3.63, 3.8) is 0 Å². The highest BCUT2D eigenvalue weighted by atomic mass is 16.7. The summed E-state index contributed by atoms with van der Waals surface area (Å²) >= 11 is 0. The highest BCUT2D eigenvalue weighted by Crippen LogP contribution is 2.18. The lowest BCUT2D eigenvalue weighted by Gasteiger charge is -2.31. The molecule has 19 heavy (non-hydrogen) atoms. The average molecular weight is 272 g/mol. The third-order valence-electron chi connectivity index (χ3n) is 2.29. The first-order valence-corrected chi connectivity index (χ1v) is 6.18. The van der Waals surface area contributed by atoms with E-state index < -0.39 is 30.4 Å². The summed E-state index contributed by atoms with van der Waals surface area (Å²) in [6.45, 7) is 6.40. The minimum atomic E-state index is -0.580. The Hall–Kier alpha value is -1.40. The number of hydrogen-bond acceptors (Lipinski definition) is 6. The molecule has 0 N–H and O–H groups in total. The molecule has 0 radical (unpaired) electrons. The Kier molecular flexibility index (Phi) is 5.98. The molecule has 108 valence electrons. The SMILES string of the molecule is CC(=O)OCC1O[C@H](OC(C)C)C=C[C@@H]1OC(C)=O. The van der Waals surface area contributed by atoms with E-state index in [4.69, 9.17) is 18.9 Å². The monoisotopic (exact) mass is 272 g/mol. The fraction of sp³-hybridized carbons (Fsp3) is 0.692. The second-order valence-corrected chi connectivity index (χ2v) is 4.49. The smallest absolute Gasteiger partial charge is 0.303 e. The summed E-state index contributed by atoms with van der Waals surface area (Å²) < 4.78 is 21.1. The maximum Gasteiger partial charge on any atom is 0.303 e. The number of carbonyl (C=O) groups is 2. The standard InChI is InChI=1S/C13H20O6/c1-8(2)17-13-6-5-11(18-10(4)15)12(19-13)7-16-9(3)14/h5-6,8,11-13H,7H2,1-4H3/t11-,12?,13-/m0/s1. The first-order chi connectivity index (χ1) is 8.88. The zero-order valence-electron chi connectivity index (χ0n) is 11.6. The molecule has 0 saturated carbocycles. The number of rotatable bonds is 5. The van der Waals surface area contributed by atoms with Crippen molar-refractivity contribution in [3.05, 3.63) is 12.2 Å². The number of esters is 2. The van der Waals surface area contributed by atoms with Gasteiger partial charge in [0, 0.05) is 13.8 Å². The normalized spacial score (nSPS) is 26.3. The second-order valence-electron chi connectivity index (χ2n) is 4.49. The topological polar surface area (TPSA) is 71.1 Å². The minimum absolute atomic E-state index is 0.00528. The zero-order valence-corrected chi connectivity index (χ0v) is 11.6. The van der Waals surface area contributed by atoms with Crippen molar-refractivity contribution in [2.45, 2.75) is 52.3 Å². The van der Waals surface area contributed by atoms with Gasteiger partial charge in [-0.15, -0.1) is 0 Å². The summed E-state index contributed by atoms with van der Waals surface area (Å²) in [6, 6.07) is 0. The fourth-order valence-corrected chi connectivity index (χ4v) is 1.61. The lowest BCUT2D eigenvalue weighted by atomic mass is 10.1. The number of carbonyl (C=O) groups excluding carboxylic acids is 2. The van der Waals surface area contributed by atoms with Crippen LogP contribution in [0.4, 0.5) is 0 Å². The van der Waals surface area contributed by atoms with E-state index in [2.05, 4.69) is 0 Å². The van der Waals surface area contributed by atoms with Gasteiger partial charge >= 0.3 is 11.9 Å². The molecule has 3 atom stereocenters. The summed E-state index contributed by atoms with van der Waals surface area (Å²) in [5.74, 6) is -0.838. The largest absolute Gasteiger partial charge is 0.463 e. The molecule has 0 aliphatic carbocycles. The molecule has 1 aliphatic heterocycles. The lowest BCUT2D eigenvalue weighted by Crippen LogP contribution is -2.42. The van der Waals surface area contributed by atoms with Crippen molar-refractivity contribution in [1.82, 2.24) is 0 Å². The third kappa shape index (κ3) is 5.85. The summed E-state index contributed by atoms with van der Waals surface area (Å²) in [6.07, 6.45) is 1.68. The van der Waals surface area contributed by atoms with Crippen LogP contribution >= 0.6 is 0 Å². The van der Waals surface area contributed by atoms with Crippen LogP contribution in [0.1, 0.15) is 27.7 Å². The van der Waals surface area contributed by atoms with Crippen LogP contribution in [0.25, 0.3) is 0 Å². The predicted molar refractivity (Wildman–Crippen MR) is 66.2 cm³/mol. The molecule has 1 unspecified atom stereocenters. The van der Waals surface area contributed by atoms with Gasteiger partial charge in [-0.1, -0.05) is 0 Å². The minimum Gasteiger partial charge on any atom is -0.463 e. The van der Waals surface area contributed by atoms with Gasteiger partial charge in [0.2, 0.25) is 0 Å². The van der Waals surface area contributed by atoms with Crippen molar-refractivity contribution in [2.24, 2.45) is 0 Å². The van der Waals surface area contributed by atoms with Crippen molar-refractivity contribution in [2.75, 3.05) is 6.61 Å². The molecule has 0 bridgehead atoms. The molecule has 0 aromatic rings. The van der Waals surface area contributed by atoms with Gasteiger partial charge in [-0.05, 0) is 26.0 Å². The van der Waals surface area contributed by atoms with Crippen LogP contribution in [-0.4, -0.2) is 43.1 Å². The number of hydrogen-bond donors (Lipinski definition) is 0. The predicted octanol–water partition coefficient (Wildman–Crippen LogP) is 1.19. The van der Waals surface area contributed by atoms with Crippen molar-refractivity contribution in [3.8, 4) is 0 Å². The Morgan fingerprint density at radius 2 is 1.89 bits per heavy atom. The van der Waals surface area contributed by atoms with Gasteiger partial charge in [0.15, 0.2) is 6.29 Å². The van der Waals surface area contributed by atoms with Crippen LogP contribution in [0, 0.1) is 0 Å². The van der Waals surface area contributed by atoms with E-state index in [1.54, 1.807) is 12.2 Å². The first-order valence-electron chi connectivity index (χ1n) is 6.18. The molecule has 6 heteroatoms. The summed E-state index contributed by atoms with van der Waals surface area (Å²) in [5, 5.41) is 0. The van der Waals surface area contributed by atoms with Gasteiger partial charge in [0.1, 0.15) is 18.8 Å². The molecule has 0 spiro atoms. The van der Waals surface area contributed by atoms with E-state index >= 15 is 0 Å². The van der Waals surface area contributed by atoms with Crippen molar-refractivity contribution < 1.29 is 28.5 Å². The Balaban J connectivity index is 2.65. The van der Waals surface area contributed by atoms with Crippen LogP contribution in [-0.2, 0) is 28.5 Å². The molecule has 0 saturated heterocycles. The van der Waals surface area contributed by atoms with Gasteiger partial charge in [0.25, 0.3) is 0 Å². The molecule has 1 aliphatic rings. The van der Waals surface area contributed by atoms with Gasteiger partial charge < -0.3 is 18.9 Å². The van der Waals surface area contributed by atoms with Gasteiger partial charge in [0.05, 0.1) is 6.10 Å². The Morgan fingerprint density at radius 3 is 2.42 bits per heavy atom. The Labute approximate surface area is 112 Å². The van der Waals surface area contributed by atoms with E-state index in [0.29, 0.717) is 0 Å².